The van der Waals surface area contributed by atoms with Gasteiger partial charge in [0, 0.05) is 30.1 Å². The lowest BCUT2D eigenvalue weighted by molar-refractivity contribution is -0.126. The Kier molecular flexibility index (Phi) is 4.52. The number of rotatable bonds is 4. The summed E-state index contributed by atoms with van der Waals surface area (Å²) < 4.78 is 0. The van der Waals surface area contributed by atoms with E-state index in [1.165, 1.54) is 24.8 Å². The van der Waals surface area contributed by atoms with Gasteiger partial charge in [-0.15, -0.1) is 0 Å². The van der Waals surface area contributed by atoms with E-state index in [2.05, 4.69) is 34.3 Å². The molecule has 1 atom stereocenters. The summed E-state index contributed by atoms with van der Waals surface area (Å²) in [5.74, 6) is 0.287. The van der Waals surface area contributed by atoms with Gasteiger partial charge in [-0.05, 0) is 58.2 Å². The third kappa shape index (κ3) is 3.35. The zero-order valence-corrected chi connectivity index (χ0v) is 13.8. The monoisotopic (exact) mass is 304 g/mol. The largest absolute Gasteiger partial charge is 0.354 e. The standard InChI is InChI=1S/C17H28N4O/c1-17(2,21-8-4-3-5-9-21)12-18-16(22)13-6-7-14-11-19-20-15(14)10-13/h11,13H,3-10,12H2,1-2H3,(H,18,22)(H,19,20). The second-order valence-electron chi connectivity index (χ2n) is 7.39. The van der Waals surface area contributed by atoms with Crippen LogP contribution in [0, 0.1) is 5.92 Å². The Bertz CT molecular complexity index is 516. The van der Waals surface area contributed by atoms with Gasteiger partial charge in [0.1, 0.15) is 0 Å². The minimum Gasteiger partial charge on any atom is -0.354 e. The number of fused-ring (bicyclic) bond motifs is 1. The summed E-state index contributed by atoms with van der Waals surface area (Å²) in [6.07, 6.45) is 8.48. The maximum atomic E-state index is 12.5. The number of hydrogen-bond donors (Lipinski definition) is 2. The van der Waals surface area contributed by atoms with E-state index in [1.807, 2.05) is 6.20 Å². The smallest absolute Gasteiger partial charge is 0.223 e. The Hall–Kier alpha value is -1.36. The second-order valence-corrected chi connectivity index (χ2v) is 7.39. The van der Waals surface area contributed by atoms with Crippen LogP contribution in [0.25, 0.3) is 0 Å². The lowest BCUT2D eigenvalue weighted by Gasteiger charge is -2.41. The van der Waals surface area contributed by atoms with Gasteiger partial charge in [0.05, 0.1) is 6.20 Å². The van der Waals surface area contributed by atoms with Crippen LogP contribution < -0.4 is 5.32 Å². The van der Waals surface area contributed by atoms with Crippen molar-refractivity contribution in [3.05, 3.63) is 17.5 Å². The van der Waals surface area contributed by atoms with Gasteiger partial charge in [0.2, 0.25) is 5.91 Å². The molecule has 22 heavy (non-hydrogen) atoms. The highest BCUT2D eigenvalue weighted by atomic mass is 16.1. The number of H-pyrrole nitrogens is 1. The highest BCUT2D eigenvalue weighted by Gasteiger charge is 2.30. The molecule has 0 saturated carbocycles. The van der Waals surface area contributed by atoms with E-state index in [9.17, 15) is 4.79 Å². The van der Waals surface area contributed by atoms with Gasteiger partial charge in [-0.2, -0.15) is 5.10 Å². The molecule has 0 spiro atoms. The number of nitrogens with zero attached hydrogens (tertiary/aromatic N) is 2. The van der Waals surface area contributed by atoms with Crippen LogP contribution in [0.5, 0.6) is 0 Å². The first-order chi connectivity index (χ1) is 10.6. The Morgan fingerprint density at radius 2 is 2.18 bits per heavy atom. The molecule has 3 rings (SSSR count). The van der Waals surface area contributed by atoms with Crippen LogP contribution in [-0.4, -0.2) is 46.2 Å². The second kappa shape index (κ2) is 6.41. The first kappa shape index (κ1) is 15.5. The molecule has 1 aliphatic heterocycles. The predicted molar refractivity (Wildman–Crippen MR) is 86.6 cm³/mol. The number of aromatic nitrogens is 2. The SMILES string of the molecule is CC(C)(CNC(=O)C1CCc2cn[nH]c2C1)N1CCCCC1. The van der Waals surface area contributed by atoms with Crippen LogP contribution in [0.4, 0.5) is 0 Å². The van der Waals surface area contributed by atoms with Crippen molar-refractivity contribution in [3.8, 4) is 0 Å². The number of carbonyl (C=O) groups is 1. The van der Waals surface area contributed by atoms with Crippen LogP contribution in [0.2, 0.25) is 0 Å². The summed E-state index contributed by atoms with van der Waals surface area (Å²) in [4.78, 5) is 15.0. The first-order valence-electron chi connectivity index (χ1n) is 8.60. The number of aromatic amines is 1. The first-order valence-corrected chi connectivity index (χ1v) is 8.60. The Morgan fingerprint density at radius 1 is 1.41 bits per heavy atom. The molecule has 1 aromatic heterocycles. The summed E-state index contributed by atoms with van der Waals surface area (Å²) in [6, 6.07) is 0. The van der Waals surface area contributed by atoms with E-state index in [1.54, 1.807) is 0 Å². The molecule has 1 fully saturated rings. The summed E-state index contributed by atoms with van der Waals surface area (Å²) in [7, 11) is 0. The van der Waals surface area contributed by atoms with Gasteiger partial charge < -0.3 is 5.32 Å². The highest BCUT2D eigenvalue weighted by molar-refractivity contribution is 5.79. The molecule has 5 heteroatoms. The number of hydrogen-bond acceptors (Lipinski definition) is 3. The van der Waals surface area contributed by atoms with Crippen LogP contribution in [0.15, 0.2) is 6.20 Å². The van der Waals surface area contributed by atoms with Gasteiger partial charge >= 0.3 is 0 Å². The van der Waals surface area contributed by atoms with Crippen molar-refractivity contribution < 1.29 is 4.79 Å². The van der Waals surface area contributed by atoms with Gasteiger partial charge in [0.25, 0.3) is 0 Å². The maximum Gasteiger partial charge on any atom is 0.223 e. The lowest BCUT2D eigenvalue weighted by Crippen LogP contribution is -2.54. The van der Waals surface area contributed by atoms with Crippen molar-refractivity contribution in [2.75, 3.05) is 19.6 Å². The molecule has 2 heterocycles. The minimum absolute atomic E-state index is 0.0455. The van der Waals surface area contributed by atoms with E-state index in [-0.39, 0.29) is 17.4 Å². The summed E-state index contributed by atoms with van der Waals surface area (Å²) >= 11 is 0. The quantitative estimate of drug-likeness (QED) is 0.893. The molecule has 1 saturated heterocycles. The third-order valence-corrected chi connectivity index (χ3v) is 5.30. The van der Waals surface area contributed by atoms with Crippen LogP contribution >= 0.6 is 0 Å². The molecule has 122 valence electrons. The molecule has 5 nitrogen and oxygen atoms in total. The van der Waals surface area contributed by atoms with E-state index in [4.69, 9.17) is 0 Å². The minimum atomic E-state index is 0.0455. The molecule has 0 bridgehead atoms. The fourth-order valence-corrected chi connectivity index (χ4v) is 3.69. The fourth-order valence-electron chi connectivity index (χ4n) is 3.69. The number of nitrogens with one attached hydrogen (secondary N) is 2. The number of carbonyl (C=O) groups excluding carboxylic acids is 1. The number of amides is 1. The molecular formula is C17H28N4O. The molecule has 1 aromatic rings. The molecule has 1 amide bonds. The average molecular weight is 304 g/mol. The van der Waals surface area contributed by atoms with Crippen molar-refractivity contribution in [2.24, 2.45) is 5.92 Å². The van der Waals surface area contributed by atoms with Crippen LogP contribution in [-0.2, 0) is 17.6 Å². The molecular weight excluding hydrogens is 276 g/mol. The van der Waals surface area contributed by atoms with Crippen LogP contribution in [0.3, 0.4) is 0 Å². The molecule has 1 aliphatic carbocycles. The van der Waals surface area contributed by atoms with Gasteiger partial charge in [-0.1, -0.05) is 6.42 Å². The maximum absolute atomic E-state index is 12.5. The van der Waals surface area contributed by atoms with Gasteiger partial charge in [0.15, 0.2) is 0 Å². The Morgan fingerprint density at radius 3 is 2.95 bits per heavy atom. The molecule has 0 radical (unpaired) electrons. The number of likely N-dealkylation sites (tertiary alicyclic amines) is 1. The van der Waals surface area contributed by atoms with Crippen molar-refractivity contribution in [1.82, 2.24) is 20.4 Å². The van der Waals surface area contributed by atoms with Crippen molar-refractivity contribution in [3.63, 3.8) is 0 Å². The number of aryl methyl sites for hydroxylation is 1. The Labute approximate surface area is 132 Å². The topological polar surface area (TPSA) is 61.0 Å². The summed E-state index contributed by atoms with van der Waals surface area (Å²) in [5, 5.41) is 10.3. The van der Waals surface area contributed by atoms with Crippen LogP contribution in [0.1, 0.15) is 50.8 Å². The van der Waals surface area contributed by atoms with E-state index in [0.717, 1.165) is 44.6 Å². The van der Waals surface area contributed by atoms with E-state index >= 15 is 0 Å². The van der Waals surface area contributed by atoms with Crippen molar-refractivity contribution in [1.29, 1.82) is 0 Å². The molecule has 2 N–H and O–H groups in total. The van der Waals surface area contributed by atoms with E-state index in [0.29, 0.717) is 0 Å². The molecule has 1 unspecified atom stereocenters. The van der Waals surface area contributed by atoms with Crippen molar-refractivity contribution in [2.45, 2.75) is 57.9 Å². The lowest BCUT2D eigenvalue weighted by atomic mass is 9.87. The zero-order chi connectivity index (χ0) is 15.6. The normalized spacial score (nSPS) is 23.1. The fraction of sp³-hybridized carbons (Fsp3) is 0.765. The van der Waals surface area contributed by atoms with E-state index < -0.39 is 0 Å². The highest BCUT2D eigenvalue weighted by Crippen LogP contribution is 2.24. The molecule has 2 aliphatic rings. The zero-order valence-electron chi connectivity index (χ0n) is 13.8. The van der Waals surface area contributed by atoms with Gasteiger partial charge in [-0.25, -0.2) is 0 Å². The predicted octanol–water partition coefficient (Wildman–Crippen LogP) is 1.90. The number of piperidine rings is 1. The Balaban J connectivity index is 1.52. The van der Waals surface area contributed by atoms with Crippen molar-refractivity contribution >= 4 is 5.91 Å². The third-order valence-electron chi connectivity index (χ3n) is 5.30. The van der Waals surface area contributed by atoms with Gasteiger partial charge in [-0.3, -0.25) is 14.8 Å². The molecule has 0 aromatic carbocycles. The average Bonchev–Trinajstić information content (AvgIpc) is 3.01. The summed E-state index contributed by atoms with van der Waals surface area (Å²) in [6.45, 7) is 7.53. The summed E-state index contributed by atoms with van der Waals surface area (Å²) in [5.41, 5.74) is 2.46.